The van der Waals surface area contributed by atoms with Crippen LogP contribution in [-0.4, -0.2) is 52.2 Å². The Labute approximate surface area is 199 Å². The molecular formula is C24H28N4O3S2. The number of fused-ring (bicyclic) bond motifs is 1. The highest BCUT2D eigenvalue weighted by molar-refractivity contribution is 7.94. The third kappa shape index (κ3) is 4.09. The van der Waals surface area contributed by atoms with Gasteiger partial charge in [0, 0.05) is 37.9 Å². The Morgan fingerprint density at radius 3 is 2.58 bits per heavy atom. The van der Waals surface area contributed by atoms with Crippen LogP contribution in [0.15, 0.2) is 52.9 Å². The molecule has 3 aromatic rings. The van der Waals surface area contributed by atoms with Crippen LogP contribution in [0.5, 0.6) is 5.75 Å². The first-order valence-electron chi connectivity index (χ1n) is 11.1. The van der Waals surface area contributed by atoms with E-state index in [0.717, 1.165) is 46.3 Å². The van der Waals surface area contributed by atoms with Crippen molar-refractivity contribution >= 4 is 32.7 Å². The molecule has 2 aliphatic rings. The number of nitrogens with one attached hydrogen (secondary N) is 1. The molecule has 9 heteroatoms. The number of anilines is 2. The van der Waals surface area contributed by atoms with E-state index in [1.807, 2.05) is 36.4 Å². The molecule has 1 aromatic carbocycles. The minimum absolute atomic E-state index is 0.331. The van der Waals surface area contributed by atoms with Crippen molar-refractivity contribution in [2.75, 3.05) is 35.9 Å². The molecule has 0 spiro atoms. The van der Waals surface area contributed by atoms with Crippen molar-refractivity contribution in [3.05, 3.63) is 54.2 Å². The number of methoxy groups -OCH3 is 1. The van der Waals surface area contributed by atoms with E-state index in [1.165, 1.54) is 11.3 Å². The minimum Gasteiger partial charge on any atom is -0.495 e. The van der Waals surface area contributed by atoms with E-state index in [1.54, 1.807) is 23.7 Å². The number of piperazine rings is 1. The summed E-state index contributed by atoms with van der Waals surface area (Å²) in [5, 5.41) is 3.55. The topological polar surface area (TPSA) is 74.8 Å². The number of pyridine rings is 1. The minimum atomic E-state index is -3.68. The van der Waals surface area contributed by atoms with Crippen molar-refractivity contribution in [1.29, 1.82) is 0 Å². The lowest BCUT2D eigenvalue weighted by atomic mass is 10.1. The lowest BCUT2D eigenvalue weighted by Gasteiger charge is -2.38. The molecule has 1 fully saturated rings. The number of thiophene rings is 1. The van der Waals surface area contributed by atoms with Gasteiger partial charge in [-0.2, -0.15) is 0 Å². The third-order valence-corrected chi connectivity index (χ3v) is 9.56. The molecule has 2 atom stereocenters. The molecule has 0 bridgehead atoms. The average molecular weight is 485 g/mol. The second-order valence-electron chi connectivity index (χ2n) is 8.69. The van der Waals surface area contributed by atoms with Crippen molar-refractivity contribution in [2.45, 2.75) is 36.6 Å². The van der Waals surface area contributed by atoms with Gasteiger partial charge in [-0.05, 0) is 62.2 Å². The SMILES string of the molecule is COc1cc2c(cc1N1C[C@@H](C)N[C@@H](C)C1)N(S(=O)(=O)c1ccc(-c3ccccn3)s1)CC2. The summed E-state index contributed by atoms with van der Waals surface area (Å²) in [4.78, 5) is 7.48. The number of ether oxygens (including phenoxy) is 1. The first-order valence-corrected chi connectivity index (χ1v) is 13.4. The second-order valence-corrected chi connectivity index (χ2v) is 11.9. The van der Waals surface area contributed by atoms with E-state index < -0.39 is 10.0 Å². The molecule has 1 N–H and O–H groups in total. The van der Waals surface area contributed by atoms with Crippen molar-refractivity contribution in [1.82, 2.24) is 10.3 Å². The maximum atomic E-state index is 13.6. The number of hydrogen-bond donors (Lipinski definition) is 1. The molecule has 5 rings (SSSR count). The van der Waals surface area contributed by atoms with Crippen LogP contribution < -0.4 is 19.3 Å². The van der Waals surface area contributed by atoms with Gasteiger partial charge in [-0.25, -0.2) is 8.42 Å². The Bertz CT molecular complexity index is 1250. The van der Waals surface area contributed by atoms with Gasteiger partial charge in [-0.15, -0.1) is 11.3 Å². The first-order chi connectivity index (χ1) is 15.9. The predicted octanol–water partition coefficient (Wildman–Crippen LogP) is 3.76. The standard InChI is InChI=1S/C24H28N4O3S2/c1-16-14-27(15-17(2)26-16)21-13-20-18(12-22(21)31-3)9-11-28(20)33(29,30)24-8-7-23(32-24)19-6-4-5-10-25-19/h4-8,10,12-13,16-17,26H,9,11,14-15H2,1-3H3/t16-,17+. The Kier molecular flexibility index (Phi) is 5.80. The zero-order chi connectivity index (χ0) is 23.2. The summed E-state index contributed by atoms with van der Waals surface area (Å²) in [5.74, 6) is 0.794. The van der Waals surface area contributed by atoms with Crippen LogP contribution in [0.1, 0.15) is 19.4 Å². The van der Waals surface area contributed by atoms with Gasteiger partial charge >= 0.3 is 0 Å². The van der Waals surface area contributed by atoms with E-state index >= 15 is 0 Å². The Hall–Kier alpha value is -2.62. The van der Waals surface area contributed by atoms with Gasteiger partial charge in [0.15, 0.2) is 0 Å². The lowest BCUT2D eigenvalue weighted by Crippen LogP contribution is -2.54. The summed E-state index contributed by atoms with van der Waals surface area (Å²) in [5.41, 5.74) is 3.47. The number of rotatable bonds is 5. The van der Waals surface area contributed by atoms with E-state index in [-0.39, 0.29) is 0 Å². The van der Waals surface area contributed by atoms with Crippen LogP contribution in [0.4, 0.5) is 11.4 Å². The van der Waals surface area contributed by atoms with Crippen molar-refractivity contribution in [3.8, 4) is 16.3 Å². The first kappa shape index (κ1) is 22.2. The van der Waals surface area contributed by atoms with Crippen LogP contribution in [0, 0.1) is 0 Å². The van der Waals surface area contributed by atoms with Crippen LogP contribution in [0.2, 0.25) is 0 Å². The highest BCUT2D eigenvalue weighted by Crippen LogP contribution is 2.43. The average Bonchev–Trinajstić information content (AvgIpc) is 3.46. The maximum absolute atomic E-state index is 13.6. The van der Waals surface area contributed by atoms with Crippen molar-refractivity contribution < 1.29 is 13.2 Å². The maximum Gasteiger partial charge on any atom is 0.273 e. The molecule has 0 saturated carbocycles. The Morgan fingerprint density at radius 1 is 1.09 bits per heavy atom. The number of nitrogens with zero attached hydrogens (tertiary/aromatic N) is 3. The largest absolute Gasteiger partial charge is 0.495 e. The summed E-state index contributed by atoms with van der Waals surface area (Å²) in [6.45, 7) is 6.43. The summed E-state index contributed by atoms with van der Waals surface area (Å²) in [7, 11) is -2.00. The predicted molar refractivity (Wildman–Crippen MR) is 133 cm³/mol. The second kappa shape index (κ2) is 8.62. The molecule has 0 unspecified atom stereocenters. The van der Waals surface area contributed by atoms with Gasteiger partial charge in [-0.1, -0.05) is 6.07 Å². The highest BCUT2D eigenvalue weighted by Gasteiger charge is 2.34. The van der Waals surface area contributed by atoms with Crippen LogP contribution >= 0.6 is 11.3 Å². The number of benzene rings is 1. The number of aromatic nitrogens is 1. The van der Waals surface area contributed by atoms with Crippen LogP contribution in [-0.2, 0) is 16.4 Å². The van der Waals surface area contributed by atoms with E-state index in [9.17, 15) is 8.42 Å². The Morgan fingerprint density at radius 2 is 1.88 bits per heavy atom. The van der Waals surface area contributed by atoms with Gasteiger partial charge in [0.1, 0.15) is 9.96 Å². The van der Waals surface area contributed by atoms with Crippen molar-refractivity contribution in [3.63, 3.8) is 0 Å². The zero-order valence-electron chi connectivity index (χ0n) is 19.0. The number of hydrogen-bond acceptors (Lipinski definition) is 7. The van der Waals surface area contributed by atoms with Crippen molar-refractivity contribution in [2.24, 2.45) is 0 Å². The fourth-order valence-electron chi connectivity index (χ4n) is 4.77. The molecule has 4 heterocycles. The molecule has 33 heavy (non-hydrogen) atoms. The molecule has 0 radical (unpaired) electrons. The van der Waals surface area contributed by atoms with Gasteiger partial charge in [0.05, 0.1) is 29.1 Å². The fraction of sp³-hybridized carbons (Fsp3) is 0.375. The van der Waals surface area contributed by atoms with E-state index in [2.05, 4.69) is 29.0 Å². The smallest absolute Gasteiger partial charge is 0.273 e. The molecule has 2 aliphatic heterocycles. The lowest BCUT2D eigenvalue weighted by molar-refractivity contribution is 0.391. The summed E-state index contributed by atoms with van der Waals surface area (Å²) >= 11 is 1.26. The normalized spacial score (nSPS) is 20.7. The van der Waals surface area contributed by atoms with E-state index in [4.69, 9.17) is 4.74 Å². The molecule has 0 amide bonds. The fourth-order valence-corrected chi connectivity index (χ4v) is 7.66. The van der Waals surface area contributed by atoms with Gasteiger partial charge < -0.3 is 15.0 Å². The third-order valence-electron chi connectivity index (χ3n) is 6.17. The van der Waals surface area contributed by atoms with Gasteiger partial charge in [0.25, 0.3) is 10.0 Å². The number of sulfonamides is 1. The van der Waals surface area contributed by atoms with Gasteiger partial charge in [-0.3, -0.25) is 9.29 Å². The summed E-state index contributed by atoms with van der Waals surface area (Å²) < 4.78 is 34.9. The molecular weight excluding hydrogens is 456 g/mol. The molecule has 1 saturated heterocycles. The van der Waals surface area contributed by atoms with Crippen LogP contribution in [0.25, 0.3) is 10.6 Å². The summed E-state index contributed by atoms with van der Waals surface area (Å²) in [6, 6.07) is 13.8. The zero-order valence-corrected chi connectivity index (χ0v) is 20.6. The molecule has 174 valence electrons. The van der Waals surface area contributed by atoms with Gasteiger partial charge in [0.2, 0.25) is 0 Å². The monoisotopic (exact) mass is 484 g/mol. The quantitative estimate of drug-likeness (QED) is 0.595. The summed E-state index contributed by atoms with van der Waals surface area (Å²) in [6.07, 6.45) is 2.38. The molecule has 0 aliphatic carbocycles. The van der Waals surface area contributed by atoms with E-state index in [0.29, 0.717) is 29.3 Å². The molecule has 7 nitrogen and oxygen atoms in total. The highest BCUT2D eigenvalue weighted by atomic mass is 32.2. The molecule has 2 aromatic heterocycles. The Balaban J connectivity index is 1.51. The van der Waals surface area contributed by atoms with Crippen LogP contribution in [0.3, 0.4) is 0 Å².